The van der Waals surface area contributed by atoms with E-state index >= 15 is 0 Å². The van der Waals surface area contributed by atoms with E-state index < -0.39 is 27.8 Å². The number of ketones is 1. The summed E-state index contributed by atoms with van der Waals surface area (Å²) in [6.07, 6.45) is 0. The molecule has 3 aliphatic heterocycles. The highest BCUT2D eigenvalue weighted by molar-refractivity contribution is 7.89. The minimum Gasteiger partial charge on any atom is -0.507 e. The average molecular weight is 548 g/mol. The topological polar surface area (TPSA) is 117 Å². The summed E-state index contributed by atoms with van der Waals surface area (Å²) in [6.45, 7) is 4.93. The fourth-order valence-electron chi connectivity index (χ4n) is 4.80. The first-order chi connectivity index (χ1) is 17.9. The maximum Gasteiger partial charge on any atom is 0.295 e. The number of ether oxygens (including phenoxy) is 2. The molecule has 1 amide bonds. The van der Waals surface area contributed by atoms with Crippen molar-refractivity contribution in [2.45, 2.75) is 10.9 Å². The number of nitrogens with zero attached hydrogens (tertiary/aromatic N) is 3. The van der Waals surface area contributed by atoms with Crippen LogP contribution in [0.1, 0.15) is 16.5 Å². The fraction of sp³-hybridized carbons (Fsp3) is 0.440. The molecule has 0 unspecified atom stereocenters. The zero-order chi connectivity index (χ0) is 26.0. The molecule has 37 heavy (non-hydrogen) atoms. The van der Waals surface area contributed by atoms with E-state index in [1.807, 2.05) is 17.5 Å². The van der Waals surface area contributed by atoms with Gasteiger partial charge in [0.2, 0.25) is 10.0 Å². The Labute approximate surface area is 219 Å². The van der Waals surface area contributed by atoms with Crippen LogP contribution in [0, 0.1) is 0 Å². The standard InChI is InChI=1S/C25H29N3O7S2/c29-23(18-3-5-19(6-4-18)37(32,33)27-11-15-35-16-12-27)21-22(20-2-1-17-36-20)28(25(31)24(21)30)8-7-26-9-13-34-14-10-26/h1-6,17,22,29H,7-16H2/t22-/m1/s1. The monoisotopic (exact) mass is 547 g/mol. The lowest BCUT2D eigenvalue weighted by atomic mass is 10.00. The Morgan fingerprint density at radius 1 is 0.946 bits per heavy atom. The van der Waals surface area contributed by atoms with Crippen LogP contribution in [0.2, 0.25) is 0 Å². The van der Waals surface area contributed by atoms with Crippen LogP contribution in [0.25, 0.3) is 5.76 Å². The lowest BCUT2D eigenvalue weighted by Gasteiger charge is -2.30. The van der Waals surface area contributed by atoms with Gasteiger partial charge in [0.25, 0.3) is 11.7 Å². The minimum absolute atomic E-state index is 0.0122. The number of morpholine rings is 2. The third-order valence-electron chi connectivity index (χ3n) is 6.85. The molecule has 0 spiro atoms. The molecule has 12 heteroatoms. The minimum atomic E-state index is -3.70. The van der Waals surface area contributed by atoms with Crippen LogP contribution in [0.5, 0.6) is 0 Å². The van der Waals surface area contributed by atoms with Crippen LogP contribution >= 0.6 is 11.3 Å². The van der Waals surface area contributed by atoms with Gasteiger partial charge in [-0.25, -0.2) is 8.42 Å². The van der Waals surface area contributed by atoms with E-state index in [4.69, 9.17) is 9.47 Å². The summed E-state index contributed by atoms with van der Waals surface area (Å²) in [5, 5.41) is 13.1. The molecule has 198 valence electrons. The molecule has 0 radical (unpaired) electrons. The molecule has 1 atom stereocenters. The predicted octanol–water partition coefficient (Wildman–Crippen LogP) is 1.52. The van der Waals surface area contributed by atoms with Gasteiger partial charge in [0, 0.05) is 49.7 Å². The first-order valence-electron chi connectivity index (χ1n) is 12.2. The number of hydrogen-bond donors (Lipinski definition) is 1. The van der Waals surface area contributed by atoms with Crippen LogP contribution in [0.3, 0.4) is 0 Å². The fourth-order valence-corrected chi connectivity index (χ4v) is 7.06. The molecule has 10 nitrogen and oxygen atoms in total. The molecular formula is C25H29N3O7S2. The molecule has 0 bridgehead atoms. The van der Waals surface area contributed by atoms with Crippen molar-refractivity contribution < 1.29 is 32.6 Å². The first kappa shape index (κ1) is 26.0. The Kier molecular flexibility index (Phi) is 7.75. The van der Waals surface area contributed by atoms with Crippen LogP contribution in [0.4, 0.5) is 0 Å². The van der Waals surface area contributed by atoms with Gasteiger partial charge in [0.1, 0.15) is 5.76 Å². The van der Waals surface area contributed by atoms with E-state index in [1.54, 1.807) is 0 Å². The molecule has 0 saturated carbocycles. The molecule has 1 aromatic carbocycles. The Bertz CT molecular complexity index is 1260. The van der Waals surface area contributed by atoms with Gasteiger partial charge in [-0.15, -0.1) is 11.3 Å². The quantitative estimate of drug-likeness (QED) is 0.315. The number of aliphatic hydroxyl groups excluding tert-OH is 1. The molecule has 1 aromatic heterocycles. The zero-order valence-corrected chi connectivity index (χ0v) is 21.9. The summed E-state index contributed by atoms with van der Waals surface area (Å²) < 4.78 is 37.9. The van der Waals surface area contributed by atoms with Crippen LogP contribution < -0.4 is 0 Å². The first-order valence-corrected chi connectivity index (χ1v) is 14.5. The molecular weight excluding hydrogens is 518 g/mol. The van der Waals surface area contributed by atoms with Crippen molar-refractivity contribution in [3.05, 3.63) is 57.8 Å². The Morgan fingerprint density at radius 2 is 1.59 bits per heavy atom. The zero-order valence-electron chi connectivity index (χ0n) is 20.2. The Hall–Kier alpha value is -2.61. The van der Waals surface area contributed by atoms with Crippen molar-refractivity contribution in [1.29, 1.82) is 0 Å². The molecule has 3 saturated heterocycles. The second kappa shape index (κ2) is 11.0. The highest BCUT2D eigenvalue weighted by atomic mass is 32.2. The van der Waals surface area contributed by atoms with Crippen LogP contribution in [-0.2, 0) is 29.1 Å². The number of hydrogen-bond acceptors (Lipinski definition) is 9. The summed E-state index contributed by atoms with van der Waals surface area (Å²) in [7, 11) is -3.70. The maximum absolute atomic E-state index is 13.2. The van der Waals surface area contributed by atoms with Crippen molar-refractivity contribution in [2.75, 3.05) is 65.7 Å². The van der Waals surface area contributed by atoms with Crippen LogP contribution in [0.15, 0.2) is 52.2 Å². The molecule has 2 aromatic rings. The molecule has 1 N–H and O–H groups in total. The van der Waals surface area contributed by atoms with Gasteiger partial charge >= 0.3 is 0 Å². The average Bonchev–Trinajstić information content (AvgIpc) is 3.55. The number of likely N-dealkylation sites (tertiary alicyclic amines) is 1. The third kappa shape index (κ3) is 5.22. The largest absolute Gasteiger partial charge is 0.507 e. The number of amides is 1. The second-order valence-electron chi connectivity index (χ2n) is 9.00. The van der Waals surface area contributed by atoms with Gasteiger partial charge in [-0.1, -0.05) is 6.07 Å². The van der Waals surface area contributed by atoms with E-state index in [-0.39, 0.29) is 34.9 Å². The van der Waals surface area contributed by atoms with Crippen LogP contribution in [-0.4, -0.2) is 105 Å². The summed E-state index contributed by atoms with van der Waals surface area (Å²) in [4.78, 5) is 30.8. The van der Waals surface area contributed by atoms with Gasteiger partial charge < -0.3 is 19.5 Å². The highest BCUT2D eigenvalue weighted by Crippen LogP contribution is 2.41. The van der Waals surface area contributed by atoms with Crippen molar-refractivity contribution in [1.82, 2.24) is 14.1 Å². The predicted molar refractivity (Wildman–Crippen MR) is 137 cm³/mol. The summed E-state index contributed by atoms with van der Waals surface area (Å²) >= 11 is 1.41. The van der Waals surface area contributed by atoms with E-state index in [9.17, 15) is 23.1 Å². The van der Waals surface area contributed by atoms with Gasteiger partial charge in [0.05, 0.1) is 42.9 Å². The smallest absolute Gasteiger partial charge is 0.295 e. The SMILES string of the molecule is O=C1C(=O)N(CCN2CCOCC2)[C@H](c2cccs2)C1=C(O)c1ccc(S(=O)(=O)N2CCOCC2)cc1. The highest BCUT2D eigenvalue weighted by Gasteiger charge is 2.46. The summed E-state index contributed by atoms with van der Waals surface area (Å²) in [5.74, 6) is -1.72. The molecule has 3 fully saturated rings. The number of carbonyl (C=O) groups is 2. The third-order valence-corrected chi connectivity index (χ3v) is 9.69. The normalized spacial score (nSPS) is 23.6. The van der Waals surface area contributed by atoms with Crippen molar-refractivity contribution in [3.8, 4) is 0 Å². The van der Waals surface area contributed by atoms with Crippen molar-refractivity contribution in [2.24, 2.45) is 0 Å². The number of rotatable bonds is 7. The number of carbonyl (C=O) groups excluding carboxylic acids is 2. The van der Waals surface area contributed by atoms with E-state index in [2.05, 4.69) is 4.90 Å². The van der Waals surface area contributed by atoms with Gasteiger partial charge in [-0.05, 0) is 35.7 Å². The number of benzene rings is 1. The summed E-state index contributed by atoms with van der Waals surface area (Å²) in [5.41, 5.74) is 0.284. The molecule has 0 aliphatic carbocycles. The summed E-state index contributed by atoms with van der Waals surface area (Å²) in [6, 6.07) is 8.73. The van der Waals surface area contributed by atoms with Gasteiger partial charge in [0.15, 0.2) is 0 Å². The number of aliphatic hydroxyl groups is 1. The lowest BCUT2D eigenvalue weighted by Crippen LogP contribution is -2.42. The van der Waals surface area contributed by atoms with Crippen molar-refractivity contribution in [3.63, 3.8) is 0 Å². The second-order valence-corrected chi connectivity index (χ2v) is 11.9. The molecule has 4 heterocycles. The number of Topliss-reactive ketones (excluding diaryl/α,β-unsaturated/α-hetero) is 1. The van der Waals surface area contributed by atoms with Crippen molar-refractivity contribution >= 4 is 38.8 Å². The number of sulfonamides is 1. The lowest BCUT2D eigenvalue weighted by molar-refractivity contribution is -0.140. The van der Waals surface area contributed by atoms with Gasteiger partial charge in [-0.2, -0.15) is 4.31 Å². The Morgan fingerprint density at radius 3 is 2.22 bits per heavy atom. The van der Waals surface area contributed by atoms with Gasteiger partial charge in [-0.3, -0.25) is 14.5 Å². The number of thiophene rings is 1. The van der Waals surface area contributed by atoms with E-state index in [1.165, 1.54) is 44.8 Å². The maximum atomic E-state index is 13.2. The Balaban J connectivity index is 1.44. The van der Waals surface area contributed by atoms with E-state index in [0.717, 1.165) is 18.0 Å². The van der Waals surface area contributed by atoms with E-state index in [0.29, 0.717) is 39.5 Å². The molecule has 3 aliphatic rings. The molecule has 5 rings (SSSR count).